The van der Waals surface area contributed by atoms with Crippen molar-refractivity contribution < 1.29 is 9.29 Å². The lowest BCUT2D eigenvalue weighted by molar-refractivity contribution is 0.109. The summed E-state index contributed by atoms with van der Waals surface area (Å²) in [6.45, 7) is 8.96. The van der Waals surface area contributed by atoms with Crippen LogP contribution in [0.3, 0.4) is 0 Å². The van der Waals surface area contributed by atoms with Gasteiger partial charge in [0.15, 0.2) is 5.82 Å². The minimum atomic E-state index is -0.702. The predicted molar refractivity (Wildman–Crippen MR) is 109 cm³/mol. The fourth-order valence-corrected chi connectivity index (χ4v) is 4.44. The molecule has 2 unspecified atom stereocenters. The van der Waals surface area contributed by atoms with E-state index in [1.54, 1.807) is 7.11 Å². The second-order valence-electron chi connectivity index (χ2n) is 6.81. The molecule has 146 valence electrons. The number of rotatable bonds is 10. The van der Waals surface area contributed by atoms with Crippen LogP contribution in [0.15, 0.2) is 0 Å². The van der Waals surface area contributed by atoms with E-state index in [-0.39, 0.29) is 6.10 Å². The topological polar surface area (TPSA) is 89.0 Å². The molecule has 2 N–H and O–H groups in total. The number of ether oxygens (including phenoxy) is 1. The molecule has 2 rings (SSSR count). The highest BCUT2D eigenvalue weighted by molar-refractivity contribution is 7.91. The third kappa shape index (κ3) is 4.69. The molecule has 2 aromatic rings. The SMILES string of the molecule is CCCC[S+]([O-])CCCCn1c(C(C)OC)nc2c(N)nc(C)c(C)c21. The summed E-state index contributed by atoms with van der Waals surface area (Å²) in [7, 11) is 1.69. The summed E-state index contributed by atoms with van der Waals surface area (Å²) < 4.78 is 19.7. The minimum Gasteiger partial charge on any atom is -0.616 e. The highest BCUT2D eigenvalue weighted by atomic mass is 32.2. The Morgan fingerprint density at radius 1 is 1.19 bits per heavy atom. The second-order valence-corrected chi connectivity index (χ2v) is 8.51. The number of pyridine rings is 1. The Balaban J connectivity index is 2.21. The first kappa shape index (κ1) is 21.0. The van der Waals surface area contributed by atoms with Gasteiger partial charge in [-0.25, -0.2) is 9.97 Å². The van der Waals surface area contributed by atoms with Crippen molar-refractivity contribution in [2.24, 2.45) is 0 Å². The highest BCUT2D eigenvalue weighted by Crippen LogP contribution is 2.29. The number of nitrogen functional groups attached to an aromatic ring is 1. The second kappa shape index (κ2) is 9.58. The van der Waals surface area contributed by atoms with Gasteiger partial charge in [0.1, 0.15) is 29.0 Å². The molecule has 0 bridgehead atoms. The molecular formula is C19H32N4O2S. The van der Waals surface area contributed by atoms with Gasteiger partial charge in [-0.05, 0) is 45.6 Å². The van der Waals surface area contributed by atoms with E-state index >= 15 is 0 Å². The Kier molecular flexibility index (Phi) is 7.73. The van der Waals surface area contributed by atoms with Crippen LogP contribution >= 0.6 is 0 Å². The van der Waals surface area contributed by atoms with E-state index in [0.717, 1.165) is 71.8 Å². The van der Waals surface area contributed by atoms with E-state index in [0.29, 0.717) is 5.82 Å². The molecule has 0 aliphatic heterocycles. The van der Waals surface area contributed by atoms with E-state index in [1.807, 2.05) is 13.8 Å². The molecule has 0 saturated carbocycles. The molecule has 0 spiro atoms. The number of imidazole rings is 1. The average molecular weight is 381 g/mol. The van der Waals surface area contributed by atoms with Crippen molar-refractivity contribution in [3.8, 4) is 0 Å². The minimum absolute atomic E-state index is 0.125. The van der Waals surface area contributed by atoms with Crippen LogP contribution in [0.4, 0.5) is 5.82 Å². The third-order valence-electron chi connectivity index (χ3n) is 4.87. The zero-order valence-electron chi connectivity index (χ0n) is 16.7. The first-order chi connectivity index (χ1) is 12.4. The van der Waals surface area contributed by atoms with Crippen LogP contribution in [0.2, 0.25) is 0 Å². The number of unbranched alkanes of at least 4 members (excludes halogenated alkanes) is 2. The van der Waals surface area contributed by atoms with Crippen LogP contribution in [0.5, 0.6) is 0 Å². The monoisotopic (exact) mass is 380 g/mol. The Morgan fingerprint density at radius 3 is 2.54 bits per heavy atom. The standard InChI is InChI=1S/C19H32N4O2S/c1-6-7-11-26(24)12-9-8-10-23-17-13(2)14(3)21-18(20)16(17)22-19(23)15(4)25-5/h15H,6-12H2,1-5H3,(H2,20,21). The Morgan fingerprint density at radius 2 is 1.88 bits per heavy atom. The zero-order valence-corrected chi connectivity index (χ0v) is 17.5. The molecule has 0 saturated heterocycles. The molecule has 2 aromatic heterocycles. The number of aryl methyl sites for hydroxylation is 3. The van der Waals surface area contributed by atoms with Crippen LogP contribution < -0.4 is 5.73 Å². The normalized spacial score (nSPS) is 14.1. The molecule has 26 heavy (non-hydrogen) atoms. The van der Waals surface area contributed by atoms with Gasteiger partial charge >= 0.3 is 0 Å². The summed E-state index contributed by atoms with van der Waals surface area (Å²) in [5, 5.41) is 0. The van der Waals surface area contributed by atoms with Gasteiger partial charge in [0.25, 0.3) is 0 Å². The fraction of sp³-hybridized carbons (Fsp3) is 0.684. The Labute approximate surface area is 159 Å². The largest absolute Gasteiger partial charge is 0.616 e. The van der Waals surface area contributed by atoms with Crippen molar-refractivity contribution in [3.05, 3.63) is 17.1 Å². The average Bonchev–Trinajstić information content (AvgIpc) is 3.01. The maximum Gasteiger partial charge on any atom is 0.151 e. The molecule has 0 aromatic carbocycles. The Bertz CT molecular complexity index is 732. The van der Waals surface area contributed by atoms with Gasteiger partial charge in [0.05, 0.1) is 5.52 Å². The predicted octanol–water partition coefficient (Wildman–Crippen LogP) is 3.67. The number of nitrogens with two attached hydrogens (primary N) is 1. The molecule has 0 radical (unpaired) electrons. The summed E-state index contributed by atoms with van der Waals surface area (Å²) in [5.41, 5.74) is 9.94. The molecule has 2 heterocycles. The number of hydrogen-bond acceptors (Lipinski definition) is 5. The van der Waals surface area contributed by atoms with Crippen LogP contribution in [0.1, 0.15) is 62.7 Å². The van der Waals surface area contributed by atoms with Crippen molar-refractivity contribution in [1.29, 1.82) is 0 Å². The van der Waals surface area contributed by atoms with Crippen molar-refractivity contribution in [2.45, 2.75) is 66.0 Å². The number of anilines is 1. The van der Waals surface area contributed by atoms with Crippen LogP contribution in [-0.2, 0) is 22.5 Å². The van der Waals surface area contributed by atoms with Gasteiger partial charge in [-0.1, -0.05) is 24.5 Å². The maximum absolute atomic E-state index is 12.0. The first-order valence-electron chi connectivity index (χ1n) is 9.41. The van der Waals surface area contributed by atoms with Crippen LogP contribution in [-0.4, -0.2) is 37.7 Å². The molecule has 0 amide bonds. The summed E-state index contributed by atoms with van der Waals surface area (Å²) in [5.74, 6) is 2.92. The summed E-state index contributed by atoms with van der Waals surface area (Å²) in [6, 6.07) is 0. The number of nitrogens with zero attached hydrogens (tertiary/aromatic N) is 3. The molecule has 0 aliphatic carbocycles. The van der Waals surface area contributed by atoms with Crippen LogP contribution in [0, 0.1) is 13.8 Å². The molecule has 2 atom stereocenters. The van der Waals surface area contributed by atoms with Gasteiger partial charge in [0.2, 0.25) is 0 Å². The lowest BCUT2D eigenvalue weighted by Crippen LogP contribution is -2.13. The van der Waals surface area contributed by atoms with Crippen molar-refractivity contribution >= 4 is 28.0 Å². The van der Waals surface area contributed by atoms with E-state index in [1.165, 1.54) is 0 Å². The van der Waals surface area contributed by atoms with E-state index in [9.17, 15) is 4.55 Å². The van der Waals surface area contributed by atoms with Gasteiger partial charge in [-0.15, -0.1) is 0 Å². The third-order valence-corrected chi connectivity index (χ3v) is 6.36. The van der Waals surface area contributed by atoms with Crippen LogP contribution in [0.25, 0.3) is 11.0 Å². The summed E-state index contributed by atoms with van der Waals surface area (Å²) in [6.07, 6.45) is 3.90. The molecule has 7 heteroatoms. The first-order valence-corrected chi connectivity index (χ1v) is 10.9. The number of fused-ring (bicyclic) bond motifs is 1. The summed E-state index contributed by atoms with van der Waals surface area (Å²) >= 11 is -0.702. The molecule has 6 nitrogen and oxygen atoms in total. The van der Waals surface area contributed by atoms with E-state index in [4.69, 9.17) is 15.5 Å². The van der Waals surface area contributed by atoms with E-state index in [2.05, 4.69) is 23.4 Å². The molecular weight excluding hydrogens is 348 g/mol. The number of methoxy groups -OCH3 is 1. The van der Waals surface area contributed by atoms with Gasteiger partial charge < -0.3 is 19.6 Å². The molecule has 0 fully saturated rings. The maximum atomic E-state index is 12.0. The zero-order chi connectivity index (χ0) is 19.3. The highest BCUT2D eigenvalue weighted by Gasteiger charge is 2.21. The van der Waals surface area contributed by atoms with Crippen molar-refractivity contribution in [3.63, 3.8) is 0 Å². The quantitative estimate of drug-likeness (QED) is 0.502. The van der Waals surface area contributed by atoms with Crippen molar-refractivity contribution in [2.75, 3.05) is 24.3 Å². The number of hydrogen-bond donors (Lipinski definition) is 1. The van der Waals surface area contributed by atoms with Crippen molar-refractivity contribution in [1.82, 2.24) is 14.5 Å². The van der Waals surface area contributed by atoms with Gasteiger partial charge in [-0.2, -0.15) is 0 Å². The summed E-state index contributed by atoms with van der Waals surface area (Å²) in [4.78, 5) is 9.14. The lowest BCUT2D eigenvalue weighted by Gasteiger charge is -2.15. The molecule has 0 aliphatic rings. The Hall–Kier alpha value is -1.31. The fourth-order valence-electron chi connectivity index (χ4n) is 3.10. The van der Waals surface area contributed by atoms with E-state index < -0.39 is 11.2 Å². The smallest absolute Gasteiger partial charge is 0.151 e. The number of aromatic nitrogens is 3. The van der Waals surface area contributed by atoms with Gasteiger partial charge in [0, 0.05) is 19.3 Å². The van der Waals surface area contributed by atoms with Gasteiger partial charge in [-0.3, -0.25) is 0 Å². The lowest BCUT2D eigenvalue weighted by atomic mass is 10.2.